The highest BCUT2D eigenvalue weighted by Gasteiger charge is 2.19. The minimum absolute atomic E-state index is 0.133. The van der Waals surface area contributed by atoms with Crippen LogP contribution < -0.4 is 5.32 Å². The van der Waals surface area contributed by atoms with Crippen LogP contribution in [0, 0.1) is 13.8 Å². The number of carbonyl (C=O) groups is 2. The van der Waals surface area contributed by atoms with E-state index in [2.05, 4.69) is 5.32 Å². The summed E-state index contributed by atoms with van der Waals surface area (Å²) < 4.78 is 4.70. The lowest BCUT2D eigenvalue weighted by Gasteiger charge is -2.08. The van der Waals surface area contributed by atoms with Gasteiger partial charge in [-0.3, -0.25) is 4.79 Å². The number of esters is 1. The number of thiophene rings is 1. The zero-order chi connectivity index (χ0) is 15.6. The number of benzene rings is 1. The van der Waals surface area contributed by atoms with Crippen LogP contribution in [0.2, 0.25) is 0 Å². The van der Waals surface area contributed by atoms with Crippen LogP contribution >= 0.6 is 11.3 Å². The molecule has 0 radical (unpaired) electrons. The first-order valence-corrected chi connectivity index (χ1v) is 7.09. The summed E-state index contributed by atoms with van der Waals surface area (Å²) in [6.07, 6.45) is 0. The number of aromatic hydroxyl groups is 1. The Morgan fingerprint density at radius 1 is 1.24 bits per heavy atom. The Bertz CT molecular complexity index is 706. The maximum atomic E-state index is 12.3. The van der Waals surface area contributed by atoms with Gasteiger partial charge in [-0.15, -0.1) is 11.3 Å². The van der Waals surface area contributed by atoms with Crippen LogP contribution in [-0.2, 0) is 4.74 Å². The molecule has 21 heavy (non-hydrogen) atoms. The number of rotatable bonds is 3. The van der Waals surface area contributed by atoms with Crippen molar-refractivity contribution in [3.63, 3.8) is 0 Å². The number of methoxy groups -OCH3 is 1. The van der Waals surface area contributed by atoms with Crippen LogP contribution in [0.25, 0.3) is 0 Å². The Hall–Kier alpha value is -2.34. The number of phenols is 1. The number of hydrogen-bond donors (Lipinski definition) is 2. The Morgan fingerprint density at radius 3 is 2.57 bits per heavy atom. The molecule has 0 atom stereocenters. The van der Waals surface area contributed by atoms with Gasteiger partial charge in [0.25, 0.3) is 5.91 Å². The van der Waals surface area contributed by atoms with Gasteiger partial charge >= 0.3 is 5.97 Å². The SMILES string of the molecule is COC(=O)c1scc(C)c1NC(=O)c1ccc(O)c(C)c1. The number of phenolic OH excluding ortho intramolecular Hbond substituents is 1. The van der Waals surface area contributed by atoms with Crippen LogP contribution in [0.3, 0.4) is 0 Å². The molecular formula is C15H15NO4S. The first-order valence-electron chi connectivity index (χ1n) is 6.21. The summed E-state index contributed by atoms with van der Waals surface area (Å²) in [6.45, 7) is 3.52. The molecule has 2 N–H and O–H groups in total. The first kappa shape index (κ1) is 15.1. The van der Waals surface area contributed by atoms with Crippen molar-refractivity contribution < 1.29 is 19.4 Å². The van der Waals surface area contributed by atoms with Crippen molar-refractivity contribution in [2.45, 2.75) is 13.8 Å². The number of carbonyl (C=O) groups excluding carboxylic acids is 2. The molecule has 0 aliphatic carbocycles. The third kappa shape index (κ3) is 3.05. The highest BCUT2D eigenvalue weighted by Crippen LogP contribution is 2.29. The summed E-state index contributed by atoms with van der Waals surface area (Å²) in [7, 11) is 1.30. The number of nitrogens with one attached hydrogen (secondary N) is 1. The van der Waals surface area contributed by atoms with Crippen LogP contribution in [0.5, 0.6) is 5.75 Å². The monoisotopic (exact) mass is 305 g/mol. The van der Waals surface area contributed by atoms with E-state index in [1.54, 1.807) is 25.3 Å². The topological polar surface area (TPSA) is 75.6 Å². The Morgan fingerprint density at radius 2 is 1.95 bits per heavy atom. The molecule has 1 amide bonds. The summed E-state index contributed by atoms with van der Waals surface area (Å²) in [6, 6.07) is 4.58. The van der Waals surface area contributed by atoms with E-state index < -0.39 is 5.97 Å². The molecule has 0 bridgehead atoms. The average Bonchev–Trinajstić information content (AvgIpc) is 2.82. The normalized spacial score (nSPS) is 10.2. The fourth-order valence-corrected chi connectivity index (χ4v) is 2.75. The van der Waals surface area contributed by atoms with Gasteiger partial charge in [-0.1, -0.05) is 0 Å². The second-order valence-corrected chi connectivity index (χ2v) is 5.45. The van der Waals surface area contributed by atoms with E-state index in [1.807, 2.05) is 0 Å². The zero-order valence-electron chi connectivity index (χ0n) is 11.9. The molecule has 0 fully saturated rings. The van der Waals surface area contributed by atoms with Crippen LogP contribution in [0.1, 0.15) is 31.2 Å². The maximum Gasteiger partial charge on any atom is 0.350 e. The number of anilines is 1. The van der Waals surface area contributed by atoms with Crippen molar-refractivity contribution in [1.82, 2.24) is 0 Å². The minimum Gasteiger partial charge on any atom is -0.508 e. The fraction of sp³-hybridized carbons (Fsp3) is 0.200. The van der Waals surface area contributed by atoms with Crippen molar-refractivity contribution in [2.75, 3.05) is 12.4 Å². The lowest BCUT2D eigenvalue weighted by atomic mass is 10.1. The summed E-state index contributed by atoms with van der Waals surface area (Å²) in [5.41, 5.74) is 2.27. The Balaban J connectivity index is 2.29. The number of ether oxygens (including phenoxy) is 1. The molecule has 2 rings (SSSR count). The standard InChI is InChI=1S/C15H15NO4S/c1-8-6-10(4-5-11(8)17)14(18)16-12-9(2)7-21-13(12)15(19)20-3/h4-7,17H,1-3H3,(H,16,18). The Kier molecular flexibility index (Phi) is 4.28. The van der Waals surface area contributed by atoms with Gasteiger partial charge in [-0.2, -0.15) is 0 Å². The highest BCUT2D eigenvalue weighted by molar-refractivity contribution is 7.12. The molecule has 110 valence electrons. The van der Waals surface area contributed by atoms with Gasteiger partial charge < -0.3 is 15.2 Å². The first-order chi connectivity index (χ1) is 9.93. The summed E-state index contributed by atoms with van der Waals surface area (Å²) in [5, 5.41) is 14.0. The van der Waals surface area contributed by atoms with Gasteiger partial charge in [0.15, 0.2) is 0 Å². The molecule has 0 saturated heterocycles. The van der Waals surface area contributed by atoms with Crippen molar-refractivity contribution in [2.24, 2.45) is 0 Å². The maximum absolute atomic E-state index is 12.3. The lowest BCUT2D eigenvalue weighted by molar-refractivity contribution is 0.0607. The van der Waals surface area contributed by atoms with Crippen molar-refractivity contribution in [3.05, 3.63) is 45.1 Å². The molecule has 0 unspecified atom stereocenters. The van der Waals surface area contributed by atoms with Gasteiger partial charge in [0.1, 0.15) is 10.6 Å². The van der Waals surface area contributed by atoms with Gasteiger partial charge in [-0.05, 0) is 48.6 Å². The van der Waals surface area contributed by atoms with E-state index in [0.717, 1.165) is 5.56 Å². The second-order valence-electron chi connectivity index (χ2n) is 4.57. The van der Waals surface area contributed by atoms with Gasteiger partial charge in [0.05, 0.1) is 12.8 Å². The lowest BCUT2D eigenvalue weighted by Crippen LogP contribution is -2.14. The van der Waals surface area contributed by atoms with Crippen molar-refractivity contribution in [3.8, 4) is 5.75 Å². The largest absolute Gasteiger partial charge is 0.508 e. The van der Waals surface area contributed by atoms with E-state index in [9.17, 15) is 14.7 Å². The highest BCUT2D eigenvalue weighted by atomic mass is 32.1. The molecule has 2 aromatic rings. The molecule has 6 heteroatoms. The van der Waals surface area contributed by atoms with Crippen molar-refractivity contribution in [1.29, 1.82) is 0 Å². The van der Waals surface area contributed by atoms with Crippen LogP contribution in [0.4, 0.5) is 5.69 Å². The molecule has 0 spiro atoms. The molecule has 0 aliphatic rings. The molecular weight excluding hydrogens is 290 g/mol. The molecule has 1 heterocycles. The molecule has 0 saturated carbocycles. The summed E-state index contributed by atoms with van der Waals surface area (Å²) >= 11 is 1.22. The van der Waals surface area contributed by atoms with Gasteiger partial charge in [0, 0.05) is 5.56 Å². The second kappa shape index (κ2) is 5.97. The average molecular weight is 305 g/mol. The van der Waals surface area contributed by atoms with E-state index in [4.69, 9.17) is 4.74 Å². The number of hydrogen-bond acceptors (Lipinski definition) is 5. The van der Waals surface area contributed by atoms with E-state index in [1.165, 1.54) is 30.6 Å². The number of amides is 1. The quantitative estimate of drug-likeness (QED) is 0.854. The summed E-state index contributed by atoms with van der Waals surface area (Å²) in [5.74, 6) is -0.691. The van der Waals surface area contributed by atoms with Gasteiger partial charge in [-0.25, -0.2) is 4.79 Å². The number of aryl methyl sites for hydroxylation is 2. The van der Waals surface area contributed by atoms with Crippen LogP contribution in [0.15, 0.2) is 23.6 Å². The molecule has 0 aliphatic heterocycles. The van der Waals surface area contributed by atoms with E-state index in [-0.39, 0.29) is 11.7 Å². The summed E-state index contributed by atoms with van der Waals surface area (Å²) in [4.78, 5) is 24.3. The predicted molar refractivity (Wildman–Crippen MR) is 81.2 cm³/mol. The zero-order valence-corrected chi connectivity index (χ0v) is 12.7. The molecule has 5 nitrogen and oxygen atoms in total. The van der Waals surface area contributed by atoms with Crippen LogP contribution in [-0.4, -0.2) is 24.1 Å². The molecule has 1 aromatic carbocycles. The van der Waals surface area contributed by atoms with E-state index >= 15 is 0 Å². The smallest absolute Gasteiger partial charge is 0.350 e. The van der Waals surface area contributed by atoms with Gasteiger partial charge in [0.2, 0.25) is 0 Å². The predicted octanol–water partition coefficient (Wildman–Crippen LogP) is 3.11. The fourth-order valence-electron chi connectivity index (χ4n) is 1.82. The third-order valence-corrected chi connectivity index (χ3v) is 4.12. The Labute approximate surface area is 126 Å². The minimum atomic E-state index is -0.481. The molecule has 1 aromatic heterocycles. The van der Waals surface area contributed by atoms with Crippen molar-refractivity contribution >= 4 is 28.9 Å². The van der Waals surface area contributed by atoms with E-state index in [0.29, 0.717) is 21.7 Å². The third-order valence-electron chi connectivity index (χ3n) is 3.04.